The minimum absolute atomic E-state index is 0.242. The Morgan fingerprint density at radius 3 is 2.40 bits per heavy atom. The largest absolute Gasteiger partial charge is 0.372 e. The molecular formula is C22H28ClN3O3S. The molecule has 0 aliphatic carbocycles. The fraction of sp³-hybridized carbons (Fsp3) is 0.409. The highest BCUT2D eigenvalue weighted by Gasteiger charge is 2.22. The van der Waals surface area contributed by atoms with E-state index in [1.54, 1.807) is 18.2 Å². The molecule has 1 unspecified atom stereocenters. The van der Waals surface area contributed by atoms with Crippen molar-refractivity contribution in [2.45, 2.75) is 32.2 Å². The van der Waals surface area contributed by atoms with Gasteiger partial charge in [0.05, 0.1) is 18.0 Å². The Morgan fingerprint density at radius 2 is 1.80 bits per heavy atom. The molecule has 1 aliphatic heterocycles. The molecule has 162 valence electrons. The Labute approximate surface area is 183 Å². The molecule has 3 rings (SSSR count). The van der Waals surface area contributed by atoms with Crippen LogP contribution in [-0.4, -0.2) is 40.2 Å². The third-order valence-electron chi connectivity index (χ3n) is 5.28. The molecular weight excluding hydrogens is 422 g/mol. The topological polar surface area (TPSA) is 69.7 Å². The molecule has 0 saturated carbocycles. The number of sulfonamides is 1. The minimum atomic E-state index is -3.64. The molecule has 1 saturated heterocycles. The van der Waals surface area contributed by atoms with Gasteiger partial charge in [0.25, 0.3) is 0 Å². The quantitative estimate of drug-likeness (QED) is 0.694. The normalized spacial score (nSPS) is 15.5. The maximum atomic E-state index is 12.6. The summed E-state index contributed by atoms with van der Waals surface area (Å²) in [7, 11) is -3.64. The number of carbonyl (C=O) groups excluding carboxylic acids is 1. The van der Waals surface area contributed by atoms with E-state index in [1.807, 2.05) is 19.1 Å². The van der Waals surface area contributed by atoms with Gasteiger partial charge in [-0.15, -0.1) is 0 Å². The van der Waals surface area contributed by atoms with Crippen molar-refractivity contribution in [2.24, 2.45) is 0 Å². The van der Waals surface area contributed by atoms with E-state index in [1.165, 1.54) is 31.0 Å². The molecule has 30 heavy (non-hydrogen) atoms. The number of carbonyl (C=O) groups is 1. The van der Waals surface area contributed by atoms with Crippen LogP contribution in [0.1, 0.15) is 37.8 Å². The SMILES string of the molecule is CC(NC(=O)CN(c1cccc(Cl)c1)S(C)(=O)=O)c1ccc(N2CCCCC2)cc1. The average Bonchev–Trinajstić information content (AvgIpc) is 2.72. The van der Waals surface area contributed by atoms with Crippen LogP contribution in [0, 0.1) is 0 Å². The van der Waals surface area contributed by atoms with E-state index in [2.05, 4.69) is 22.3 Å². The highest BCUT2D eigenvalue weighted by atomic mass is 35.5. The number of anilines is 2. The zero-order valence-electron chi connectivity index (χ0n) is 17.3. The number of nitrogens with zero attached hydrogens (tertiary/aromatic N) is 2. The van der Waals surface area contributed by atoms with Gasteiger partial charge < -0.3 is 10.2 Å². The van der Waals surface area contributed by atoms with E-state index in [0.29, 0.717) is 10.7 Å². The smallest absolute Gasteiger partial charge is 0.241 e. The van der Waals surface area contributed by atoms with E-state index < -0.39 is 10.0 Å². The first-order chi connectivity index (χ1) is 14.2. The molecule has 1 atom stereocenters. The standard InChI is InChI=1S/C22H28ClN3O3S/c1-17(18-9-11-20(12-10-18)25-13-4-3-5-14-25)24-22(27)16-26(30(2,28)29)21-8-6-7-19(23)15-21/h6-12,15,17H,3-5,13-14,16H2,1-2H3,(H,24,27). The second-order valence-electron chi connectivity index (χ2n) is 7.68. The lowest BCUT2D eigenvalue weighted by molar-refractivity contribution is -0.120. The summed E-state index contributed by atoms with van der Waals surface area (Å²) in [5, 5.41) is 3.30. The van der Waals surface area contributed by atoms with Gasteiger partial charge in [-0.1, -0.05) is 29.8 Å². The third-order valence-corrected chi connectivity index (χ3v) is 6.65. The van der Waals surface area contributed by atoms with Crippen LogP contribution in [0.3, 0.4) is 0 Å². The second-order valence-corrected chi connectivity index (χ2v) is 10.0. The Hall–Kier alpha value is -2.25. The van der Waals surface area contributed by atoms with Crippen molar-refractivity contribution in [2.75, 3.05) is 35.1 Å². The molecule has 1 fully saturated rings. The van der Waals surface area contributed by atoms with Crippen molar-refractivity contribution in [3.05, 3.63) is 59.1 Å². The van der Waals surface area contributed by atoms with Crippen LogP contribution in [0.5, 0.6) is 0 Å². The second kappa shape index (κ2) is 9.71. The summed E-state index contributed by atoms with van der Waals surface area (Å²) in [4.78, 5) is 15.0. The van der Waals surface area contributed by atoms with Crippen molar-refractivity contribution in [3.63, 3.8) is 0 Å². The van der Waals surface area contributed by atoms with Crippen LogP contribution >= 0.6 is 11.6 Å². The summed E-state index contributed by atoms with van der Waals surface area (Å²) in [6.07, 6.45) is 4.80. The summed E-state index contributed by atoms with van der Waals surface area (Å²) in [6, 6.07) is 14.4. The van der Waals surface area contributed by atoms with Crippen molar-refractivity contribution >= 4 is 38.9 Å². The maximum Gasteiger partial charge on any atom is 0.241 e. The summed E-state index contributed by atoms with van der Waals surface area (Å²) < 4.78 is 25.5. The van der Waals surface area contributed by atoms with Gasteiger partial charge in [0.1, 0.15) is 6.54 Å². The Morgan fingerprint density at radius 1 is 1.13 bits per heavy atom. The molecule has 0 radical (unpaired) electrons. The van der Waals surface area contributed by atoms with Gasteiger partial charge in [-0.3, -0.25) is 9.10 Å². The Bertz CT molecular complexity index is 973. The first kappa shape index (κ1) is 22.4. The fourth-order valence-corrected chi connectivity index (χ4v) is 4.69. The van der Waals surface area contributed by atoms with Crippen LogP contribution in [0.15, 0.2) is 48.5 Å². The number of rotatable bonds is 7. The van der Waals surface area contributed by atoms with E-state index >= 15 is 0 Å². The predicted octanol–water partition coefficient (Wildman–Crippen LogP) is 3.97. The van der Waals surface area contributed by atoms with Crippen molar-refractivity contribution in [3.8, 4) is 0 Å². The summed E-state index contributed by atoms with van der Waals surface area (Å²) >= 11 is 5.98. The summed E-state index contributed by atoms with van der Waals surface area (Å²) in [6.45, 7) is 3.74. The van der Waals surface area contributed by atoms with Crippen molar-refractivity contribution in [1.82, 2.24) is 5.32 Å². The molecule has 2 aromatic carbocycles. The number of hydrogen-bond donors (Lipinski definition) is 1. The molecule has 1 N–H and O–H groups in total. The molecule has 1 amide bonds. The maximum absolute atomic E-state index is 12.6. The first-order valence-corrected chi connectivity index (χ1v) is 12.3. The Kier molecular flexibility index (Phi) is 7.26. The van der Waals surface area contributed by atoms with E-state index in [-0.39, 0.29) is 18.5 Å². The monoisotopic (exact) mass is 449 g/mol. The molecule has 0 spiro atoms. The first-order valence-electron chi connectivity index (χ1n) is 10.1. The number of amides is 1. The molecule has 1 aliphatic rings. The molecule has 2 aromatic rings. The van der Waals surface area contributed by atoms with Gasteiger partial charge >= 0.3 is 0 Å². The number of piperidine rings is 1. The Balaban J connectivity index is 1.65. The van der Waals surface area contributed by atoms with Gasteiger partial charge in [-0.25, -0.2) is 8.42 Å². The average molecular weight is 450 g/mol. The van der Waals surface area contributed by atoms with Crippen LogP contribution < -0.4 is 14.5 Å². The van der Waals surface area contributed by atoms with Gasteiger partial charge in [0.2, 0.25) is 15.9 Å². The highest BCUT2D eigenvalue weighted by Crippen LogP contribution is 2.24. The van der Waals surface area contributed by atoms with E-state index in [9.17, 15) is 13.2 Å². The fourth-order valence-electron chi connectivity index (χ4n) is 3.66. The zero-order chi connectivity index (χ0) is 21.7. The van der Waals surface area contributed by atoms with Crippen LogP contribution in [0.25, 0.3) is 0 Å². The molecule has 8 heteroatoms. The molecule has 0 bridgehead atoms. The summed E-state index contributed by atoms with van der Waals surface area (Å²) in [5.41, 5.74) is 2.53. The predicted molar refractivity (Wildman–Crippen MR) is 123 cm³/mol. The number of hydrogen-bond acceptors (Lipinski definition) is 4. The summed E-state index contributed by atoms with van der Waals surface area (Å²) in [5.74, 6) is -0.381. The van der Waals surface area contributed by atoms with Crippen LogP contribution in [-0.2, 0) is 14.8 Å². The minimum Gasteiger partial charge on any atom is -0.372 e. The zero-order valence-corrected chi connectivity index (χ0v) is 18.9. The van der Waals surface area contributed by atoms with Gasteiger partial charge in [0.15, 0.2) is 0 Å². The van der Waals surface area contributed by atoms with Gasteiger partial charge in [-0.2, -0.15) is 0 Å². The number of nitrogens with one attached hydrogen (secondary N) is 1. The third kappa shape index (κ3) is 5.89. The van der Waals surface area contributed by atoms with Gasteiger partial charge in [0, 0.05) is 23.8 Å². The van der Waals surface area contributed by atoms with E-state index in [4.69, 9.17) is 11.6 Å². The van der Waals surface area contributed by atoms with E-state index in [0.717, 1.165) is 29.2 Å². The van der Waals surface area contributed by atoms with Gasteiger partial charge in [-0.05, 0) is 62.1 Å². The van der Waals surface area contributed by atoms with Crippen molar-refractivity contribution < 1.29 is 13.2 Å². The number of halogens is 1. The molecule has 1 heterocycles. The lowest BCUT2D eigenvalue weighted by Crippen LogP contribution is -2.41. The van der Waals surface area contributed by atoms with Crippen molar-refractivity contribution in [1.29, 1.82) is 0 Å². The lowest BCUT2D eigenvalue weighted by atomic mass is 10.1. The molecule has 0 aromatic heterocycles. The highest BCUT2D eigenvalue weighted by molar-refractivity contribution is 7.92. The number of benzene rings is 2. The molecule has 6 nitrogen and oxygen atoms in total. The lowest BCUT2D eigenvalue weighted by Gasteiger charge is -2.29. The van der Waals surface area contributed by atoms with Crippen LogP contribution in [0.4, 0.5) is 11.4 Å². The van der Waals surface area contributed by atoms with Crippen LogP contribution in [0.2, 0.25) is 5.02 Å².